The highest BCUT2D eigenvalue weighted by Crippen LogP contribution is 2.15. The number of benzene rings is 1. The van der Waals surface area contributed by atoms with Crippen LogP contribution in [-0.4, -0.2) is 23.4 Å². The molecule has 0 unspecified atom stereocenters. The number of nitrogens with one attached hydrogen (secondary N) is 1. The SMILES string of the molecule is CCN1C(=O)N/C(=C\c2coc3ccccc3c2=O)C1=O. The lowest BCUT2D eigenvalue weighted by Gasteiger charge is -2.06. The van der Waals surface area contributed by atoms with E-state index in [9.17, 15) is 14.4 Å². The summed E-state index contributed by atoms with van der Waals surface area (Å²) in [6.07, 6.45) is 2.62. The molecule has 1 N–H and O–H groups in total. The Kier molecular flexibility index (Phi) is 3.06. The highest BCUT2D eigenvalue weighted by molar-refractivity contribution is 6.14. The number of amides is 3. The third-order valence-corrected chi connectivity index (χ3v) is 3.29. The van der Waals surface area contributed by atoms with Gasteiger partial charge < -0.3 is 9.73 Å². The maximum absolute atomic E-state index is 12.3. The van der Waals surface area contributed by atoms with Gasteiger partial charge in [-0.1, -0.05) is 12.1 Å². The van der Waals surface area contributed by atoms with Crippen LogP contribution in [0.2, 0.25) is 0 Å². The van der Waals surface area contributed by atoms with Crippen molar-refractivity contribution < 1.29 is 14.0 Å². The fourth-order valence-corrected chi connectivity index (χ4v) is 2.21. The first-order chi connectivity index (χ1) is 10.1. The number of carbonyl (C=O) groups excluding carboxylic acids is 2. The Hall–Kier alpha value is -2.89. The van der Waals surface area contributed by atoms with Gasteiger partial charge in [0.15, 0.2) is 5.43 Å². The molecule has 0 bridgehead atoms. The maximum Gasteiger partial charge on any atom is 0.328 e. The number of hydrogen-bond donors (Lipinski definition) is 1. The zero-order valence-electron chi connectivity index (χ0n) is 11.3. The van der Waals surface area contributed by atoms with Gasteiger partial charge in [0, 0.05) is 6.54 Å². The first kappa shape index (κ1) is 13.1. The van der Waals surface area contributed by atoms with Gasteiger partial charge in [0.1, 0.15) is 17.5 Å². The van der Waals surface area contributed by atoms with Gasteiger partial charge >= 0.3 is 6.03 Å². The van der Waals surface area contributed by atoms with E-state index in [2.05, 4.69) is 5.32 Å². The van der Waals surface area contributed by atoms with Crippen LogP contribution < -0.4 is 10.7 Å². The summed E-state index contributed by atoms with van der Waals surface area (Å²) in [5, 5.41) is 2.87. The second-order valence-electron chi connectivity index (χ2n) is 4.55. The Morgan fingerprint density at radius 2 is 2.00 bits per heavy atom. The van der Waals surface area contributed by atoms with Crippen LogP contribution in [0.1, 0.15) is 12.5 Å². The van der Waals surface area contributed by atoms with Gasteiger partial charge in [-0.05, 0) is 25.1 Å². The molecule has 106 valence electrons. The number of hydrogen-bond acceptors (Lipinski definition) is 4. The van der Waals surface area contributed by atoms with Crippen molar-refractivity contribution in [2.24, 2.45) is 0 Å². The standard InChI is InChI=1S/C15H12N2O4/c1-2-17-14(19)11(16-15(17)20)7-9-8-21-12-6-4-3-5-10(12)13(9)18/h3-8H,2H2,1H3,(H,16,20)/b11-7-. The normalized spacial score (nSPS) is 16.8. The average Bonchev–Trinajstić information content (AvgIpc) is 2.76. The van der Waals surface area contributed by atoms with Crippen LogP contribution in [0, 0.1) is 0 Å². The Balaban J connectivity index is 2.09. The highest BCUT2D eigenvalue weighted by atomic mass is 16.3. The van der Waals surface area contributed by atoms with Crippen LogP contribution in [0.15, 0.2) is 45.4 Å². The van der Waals surface area contributed by atoms with Crippen molar-refractivity contribution in [3.63, 3.8) is 0 Å². The first-order valence-corrected chi connectivity index (χ1v) is 6.47. The van der Waals surface area contributed by atoms with Gasteiger partial charge in [-0.2, -0.15) is 0 Å². The molecule has 0 saturated carbocycles. The Labute approximate surface area is 119 Å². The monoisotopic (exact) mass is 284 g/mol. The number of fused-ring (bicyclic) bond motifs is 1. The molecule has 6 heteroatoms. The van der Waals surface area contributed by atoms with E-state index in [0.717, 1.165) is 4.90 Å². The molecule has 1 aliphatic heterocycles. The van der Waals surface area contributed by atoms with E-state index in [0.29, 0.717) is 11.0 Å². The number of nitrogens with zero attached hydrogens (tertiary/aromatic N) is 1. The third-order valence-electron chi connectivity index (χ3n) is 3.29. The molecular formula is C15H12N2O4. The van der Waals surface area contributed by atoms with E-state index in [1.54, 1.807) is 31.2 Å². The molecule has 0 radical (unpaired) electrons. The molecule has 0 atom stereocenters. The summed E-state index contributed by atoms with van der Waals surface area (Å²) in [6.45, 7) is 1.97. The van der Waals surface area contributed by atoms with E-state index in [-0.39, 0.29) is 23.2 Å². The molecule has 1 saturated heterocycles. The van der Waals surface area contributed by atoms with Gasteiger partial charge in [0.05, 0.1) is 10.9 Å². The first-order valence-electron chi connectivity index (χ1n) is 6.47. The van der Waals surface area contributed by atoms with E-state index >= 15 is 0 Å². The van der Waals surface area contributed by atoms with E-state index in [4.69, 9.17) is 4.42 Å². The molecular weight excluding hydrogens is 272 g/mol. The third kappa shape index (κ3) is 2.10. The smallest absolute Gasteiger partial charge is 0.328 e. The largest absolute Gasteiger partial charge is 0.463 e. The molecule has 0 aliphatic carbocycles. The fraction of sp³-hybridized carbons (Fsp3) is 0.133. The van der Waals surface area contributed by atoms with Crippen LogP contribution in [0.5, 0.6) is 0 Å². The molecule has 1 aromatic heterocycles. The van der Waals surface area contributed by atoms with Gasteiger partial charge in [0.2, 0.25) is 0 Å². The Bertz CT molecular complexity index is 835. The lowest BCUT2D eigenvalue weighted by Crippen LogP contribution is -2.30. The summed E-state index contributed by atoms with van der Waals surface area (Å²) >= 11 is 0. The number of likely N-dealkylation sites (N-methyl/N-ethyl adjacent to an activating group) is 1. The van der Waals surface area contributed by atoms with Gasteiger partial charge in [0.25, 0.3) is 5.91 Å². The van der Waals surface area contributed by atoms with Gasteiger partial charge in [-0.25, -0.2) is 4.79 Å². The number of urea groups is 1. The van der Waals surface area contributed by atoms with Crippen molar-refractivity contribution in [1.29, 1.82) is 0 Å². The van der Waals surface area contributed by atoms with E-state index < -0.39 is 11.9 Å². The number of imide groups is 1. The van der Waals surface area contributed by atoms with Crippen LogP contribution in [0.25, 0.3) is 17.0 Å². The summed E-state index contributed by atoms with van der Waals surface area (Å²) in [5.74, 6) is -0.449. The zero-order chi connectivity index (χ0) is 15.0. The Morgan fingerprint density at radius 1 is 1.24 bits per heavy atom. The quantitative estimate of drug-likeness (QED) is 0.672. The number of rotatable bonds is 2. The summed E-state index contributed by atoms with van der Waals surface area (Å²) in [5.41, 5.74) is 0.516. The van der Waals surface area contributed by atoms with Crippen molar-refractivity contribution in [2.45, 2.75) is 6.92 Å². The average molecular weight is 284 g/mol. The van der Waals surface area contributed by atoms with Crippen molar-refractivity contribution >= 4 is 29.0 Å². The fourth-order valence-electron chi connectivity index (χ4n) is 2.21. The van der Waals surface area contributed by atoms with E-state index in [1.807, 2.05) is 0 Å². The molecule has 3 rings (SSSR count). The molecule has 2 heterocycles. The van der Waals surface area contributed by atoms with Crippen molar-refractivity contribution in [3.8, 4) is 0 Å². The molecule has 1 aromatic carbocycles. The van der Waals surface area contributed by atoms with Crippen molar-refractivity contribution in [1.82, 2.24) is 10.2 Å². The van der Waals surface area contributed by atoms with Crippen LogP contribution in [0.3, 0.4) is 0 Å². The van der Waals surface area contributed by atoms with Gasteiger partial charge in [-0.15, -0.1) is 0 Å². The molecule has 21 heavy (non-hydrogen) atoms. The predicted octanol–water partition coefficient (Wildman–Crippen LogP) is 1.71. The minimum Gasteiger partial charge on any atom is -0.463 e. The minimum absolute atomic E-state index is 0.0735. The molecule has 1 aliphatic rings. The molecule has 2 aromatic rings. The summed E-state index contributed by atoms with van der Waals surface area (Å²) in [6, 6.07) is 6.35. The number of para-hydroxylation sites is 1. The van der Waals surface area contributed by atoms with Crippen molar-refractivity contribution in [2.75, 3.05) is 6.54 Å². The van der Waals surface area contributed by atoms with Gasteiger partial charge in [-0.3, -0.25) is 14.5 Å². The summed E-state index contributed by atoms with van der Waals surface area (Å²) < 4.78 is 5.37. The summed E-state index contributed by atoms with van der Waals surface area (Å²) in [4.78, 5) is 36.9. The topological polar surface area (TPSA) is 79.6 Å². The molecule has 0 spiro atoms. The lowest BCUT2D eigenvalue weighted by atomic mass is 10.1. The summed E-state index contributed by atoms with van der Waals surface area (Å²) in [7, 11) is 0. The zero-order valence-corrected chi connectivity index (χ0v) is 11.3. The molecule has 3 amide bonds. The number of carbonyl (C=O) groups is 2. The molecule has 6 nitrogen and oxygen atoms in total. The van der Waals surface area contributed by atoms with Crippen molar-refractivity contribution in [3.05, 3.63) is 52.0 Å². The second kappa shape index (κ2) is 4.90. The Morgan fingerprint density at radius 3 is 2.71 bits per heavy atom. The minimum atomic E-state index is -0.487. The highest BCUT2D eigenvalue weighted by Gasteiger charge is 2.32. The predicted molar refractivity (Wildman–Crippen MR) is 76.4 cm³/mol. The molecule has 1 fully saturated rings. The van der Waals surface area contributed by atoms with Crippen LogP contribution in [-0.2, 0) is 4.79 Å². The lowest BCUT2D eigenvalue weighted by molar-refractivity contribution is -0.122. The van der Waals surface area contributed by atoms with E-state index in [1.165, 1.54) is 12.3 Å². The second-order valence-corrected chi connectivity index (χ2v) is 4.55. The maximum atomic E-state index is 12.3. The van der Waals surface area contributed by atoms with Crippen LogP contribution >= 0.6 is 0 Å². The van der Waals surface area contributed by atoms with Crippen LogP contribution in [0.4, 0.5) is 4.79 Å².